The van der Waals surface area contributed by atoms with E-state index in [1.165, 1.54) is 39.8 Å². The minimum atomic E-state index is -0.236. The van der Waals surface area contributed by atoms with Crippen molar-refractivity contribution < 1.29 is 4.39 Å². The van der Waals surface area contributed by atoms with E-state index < -0.39 is 0 Å². The van der Waals surface area contributed by atoms with E-state index >= 15 is 0 Å². The van der Waals surface area contributed by atoms with E-state index in [1.807, 2.05) is 12.1 Å². The highest BCUT2D eigenvalue weighted by molar-refractivity contribution is 5.97. The molecule has 0 fully saturated rings. The fourth-order valence-corrected chi connectivity index (χ4v) is 3.79. The average Bonchev–Trinajstić information content (AvgIpc) is 2.81. The summed E-state index contributed by atoms with van der Waals surface area (Å²) in [5.74, 6) is -0.236. The van der Waals surface area contributed by atoms with Gasteiger partial charge in [-0.2, -0.15) is 0 Å². The monoisotopic (exact) mass is 389 g/mol. The molecule has 0 unspecified atom stereocenters. The van der Waals surface area contributed by atoms with E-state index in [2.05, 4.69) is 84.2 Å². The summed E-state index contributed by atoms with van der Waals surface area (Å²) in [4.78, 5) is 0. The lowest BCUT2D eigenvalue weighted by molar-refractivity contribution is 0.628. The molecule has 0 aromatic heterocycles. The molecule has 1 nitrogen and oxygen atoms in total. The Morgan fingerprint density at radius 3 is 1.60 bits per heavy atom. The highest BCUT2D eigenvalue weighted by atomic mass is 19.1. The summed E-state index contributed by atoms with van der Waals surface area (Å²) >= 11 is 0. The number of rotatable bonds is 4. The average molecular weight is 389 g/mol. The van der Waals surface area contributed by atoms with Gasteiger partial charge in [0.1, 0.15) is 5.82 Å². The smallest absolute Gasteiger partial charge is 0.123 e. The molecule has 0 aliphatic carbocycles. The number of benzene rings is 5. The predicted octanol–water partition coefficient (Wildman–Crippen LogP) is 8.06. The molecule has 0 saturated carbocycles. The first-order valence-corrected chi connectivity index (χ1v) is 9.97. The van der Waals surface area contributed by atoms with Crippen molar-refractivity contribution in [2.75, 3.05) is 5.32 Å². The number of hydrogen-bond donors (Lipinski definition) is 1. The minimum Gasteiger partial charge on any atom is -0.356 e. The van der Waals surface area contributed by atoms with Crippen LogP contribution in [-0.2, 0) is 0 Å². The molecule has 5 rings (SSSR count). The molecule has 1 N–H and O–H groups in total. The minimum absolute atomic E-state index is 0.236. The third kappa shape index (κ3) is 3.68. The van der Waals surface area contributed by atoms with Gasteiger partial charge in [-0.25, -0.2) is 4.39 Å². The maximum Gasteiger partial charge on any atom is 0.123 e. The van der Waals surface area contributed by atoms with Crippen LogP contribution in [0.5, 0.6) is 0 Å². The van der Waals surface area contributed by atoms with Crippen molar-refractivity contribution in [3.8, 4) is 22.3 Å². The second kappa shape index (κ2) is 7.84. The molecule has 0 aliphatic rings. The van der Waals surface area contributed by atoms with Crippen molar-refractivity contribution in [2.24, 2.45) is 0 Å². The Labute approximate surface area is 175 Å². The largest absolute Gasteiger partial charge is 0.356 e. The lowest BCUT2D eigenvalue weighted by Gasteiger charge is -2.14. The van der Waals surface area contributed by atoms with Crippen LogP contribution in [0.4, 0.5) is 15.8 Å². The Balaban J connectivity index is 1.63. The molecule has 0 bridgehead atoms. The van der Waals surface area contributed by atoms with Crippen LogP contribution in [0, 0.1) is 5.82 Å². The quantitative estimate of drug-likeness (QED) is 0.328. The summed E-state index contributed by atoms with van der Waals surface area (Å²) in [6.45, 7) is 0. The number of hydrogen-bond acceptors (Lipinski definition) is 1. The van der Waals surface area contributed by atoms with E-state index in [4.69, 9.17) is 0 Å². The molecule has 0 saturated heterocycles. The van der Waals surface area contributed by atoms with Crippen LogP contribution in [0.1, 0.15) is 0 Å². The first-order valence-electron chi connectivity index (χ1n) is 9.97. The maximum atomic E-state index is 13.2. The van der Waals surface area contributed by atoms with E-state index in [9.17, 15) is 4.39 Å². The zero-order valence-electron chi connectivity index (χ0n) is 16.3. The molecule has 0 aliphatic heterocycles. The van der Waals surface area contributed by atoms with Crippen LogP contribution < -0.4 is 5.32 Å². The molecule has 0 atom stereocenters. The van der Waals surface area contributed by atoms with Crippen molar-refractivity contribution in [1.29, 1.82) is 0 Å². The van der Waals surface area contributed by atoms with Gasteiger partial charge in [0.15, 0.2) is 0 Å². The molecule has 2 heteroatoms. The van der Waals surface area contributed by atoms with Gasteiger partial charge in [0.05, 0.1) is 0 Å². The number of halogens is 1. The molecule has 0 radical (unpaired) electrons. The van der Waals surface area contributed by atoms with Gasteiger partial charge >= 0.3 is 0 Å². The van der Waals surface area contributed by atoms with Crippen molar-refractivity contribution in [3.05, 3.63) is 121 Å². The fourth-order valence-electron chi connectivity index (χ4n) is 3.79. The van der Waals surface area contributed by atoms with Crippen molar-refractivity contribution in [2.45, 2.75) is 0 Å². The van der Waals surface area contributed by atoms with E-state index in [0.29, 0.717) is 0 Å². The molecule has 30 heavy (non-hydrogen) atoms. The Morgan fingerprint density at radius 1 is 0.467 bits per heavy atom. The van der Waals surface area contributed by atoms with Crippen LogP contribution in [0.2, 0.25) is 0 Å². The van der Waals surface area contributed by atoms with Crippen LogP contribution in [0.15, 0.2) is 115 Å². The second-order valence-electron chi connectivity index (χ2n) is 7.32. The zero-order chi connectivity index (χ0) is 20.3. The van der Waals surface area contributed by atoms with E-state index in [1.54, 1.807) is 12.1 Å². The highest BCUT2D eigenvalue weighted by Crippen LogP contribution is 2.36. The first kappa shape index (κ1) is 18.1. The van der Waals surface area contributed by atoms with Gasteiger partial charge in [-0.3, -0.25) is 0 Å². The van der Waals surface area contributed by atoms with E-state index in [0.717, 1.165) is 16.8 Å². The van der Waals surface area contributed by atoms with Gasteiger partial charge < -0.3 is 5.32 Å². The number of nitrogens with one attached hydrogen (secondary N) is 1. The summed E-state index contributed by atoms with van der Waals surface area (Å²) in [6, 6.07) is 38.2. The SMILES string of the molecule is Fc1ccc(Nc2ccc3cc(-c4ccccc4)c(-c4ccccc4)cc3c2)cc1. The fraction of sp³-hybridized carbons (Fsp3) is 0. The van der Waals surface area contributed by atoms with Gasteiger partial charge in [-0.15, -0.1) is 0 Å². The van der Waals surface area contributed by atoms with Gasteiger partial charge in [0.2, 0.25) is 0 Å². The molecule has 0 heterocycles. The molecule has 144 valence electrons. The summed E-state index contributed by atoms with van der Waals surface area (Å²) in [6.07, 6.45) is 0. The number of anilines is 2. The Morgan fingerprint density at radius 2 is 1.00 bits per heavy atom. The van der Waals surface area contributed by atoms with Crippen molar-refractivity contribution in [3.63, 3.8) is 0 Å². The van der Waals surface area contributed by atoms with Gasteiger partial charge in [0, 0.05) is 11.4 Å². The number of fused-ring (bicyclic) bond motifs is 1. The molecule has 0 amide bonds. The topological polar surface area (TPSA) is 12.0 Å². The van der Waals surface area contributed by atoms with Crippen molar-refractivity contribution >= 4 is 22.1 Å². The zero-order valence-corrected chi connectivity index (χ0v) is 16.3. The molecule has 0 spiro atoms. The van der Waals surface area contributed by atoms with E-state index in [-0.39, 0.29) is 5.82 Å². The summed E-state index contributed by atoms with van der Waals surface area (Å²) in [7, 11) is 0. The van der Waals surface area contributed by atoms with Crippen LogP contribution in [-0.4, -0.2) is 0 Å². The molecule has 5 aromatic rings. The standard InChI is InChI=1S/C28H20FN/c29-24-12-15-25(16-13-24)30-26-14-11-22-18-27(20-7-3-1-4-8-20)28(19-23(22)17-26)21-9-5-2-6-10-21/h1-19,30H. The lowest BCUT2D eigenvalue weighted by atomic mass is 9.91. The van der Waals surface area contributed by atoms with Gasteiger partial charge in [0.25, 0.3) is 0 Å². The van der Waals surface area contributed by atoms with Gasteiger partial charge in [-0.05, 0) is 81.6 Å². The molecular weight excluding hydrogens is 369 g/mol. The first-order chi connectivity index (χ1) is 14.8. The van der Waals surface area contributed by atoms with Crippen LogP contribution in [0.3, 0.4) is 0 Å². The Bertz CT molecular complexity index is 1290. The lowest BCUT2D eigenvalue weighted by Crippen LogP contribution is -1.91. The van der Waals surface area contributed by atoms with Gasteiger partial charge in [-0.1, -0.05) is 66.7 Å². The van der Waals surface area contributed by atoms with Crippen molar-refractivity contribution in [1.82, 2.24) is 0 Å². The summed E-state index contributed by atoms with van der Waals surface area (Å²) in [5.41, 5.74) is 6.64. The van der Waals surface area contributed by atoms with Crippen LogP contribution in [0.25, 0.3) is 33.0 Å². The molecule has 5 aromatic carbocycles. The normalized spacial score (nSPS) is 10.8. The Hall–Kier alpha value is -3.91. The third-order valence-electron chi connectivity index (χ3n) is 5.28. The third-order valence-corrected chi connectivity index (χ3v) is 5.28. The highest BCUT2D eigenvalue weighted by Gasteiger charge is 2.10. The summed E-state index contributed by atoms with van der Waals surface area (Å²) < 4.78 is 13.2. The second-order valence-corrected chi connectivity index (χ2v) is 7.32. The maximum absolute atomic E-state index is 13.2. The molecular formula is C28H20FN. The summed E-state index contributed by atoms with van der Waals surface area (Å²) in [5, 5.41) is 5.69. The Kier molecular flexibility index (Phi) is 4.74. The van der Waals surface area contributed by atoms with Crippen LogP contribution >= 0.6 is 0 Å². The predicted molar refractivity (Wildman–Crippen MR) is 125 cm³/mol.